The molecule has 1 aromatic carbocycles. The van der Waals surface area contributed by atoms with Crippen molar-refractivity contribution in [3.8, 4) is 5.75 Å². The Morgan fingerprint density at radius 3 is 2.31 bits per heavy atom. The molecule has 9 heteroatoms. The van der Waals surface area contributed by atoms with Crippen molar-refractivity contribution in [2.75, 3.05) is 20.2 Å². The van der Waals surface area contributed by atoms with Crippen molar-refractivity contribution in [2.24, 2.45) is 5.92 Å². The Labute approximate surface area is 188 Å². The number of rotatable bonds is 5. The summed E-state index contributed by atoms with van der Waals surface area (Å²) in [7, 11) is 1.93. The molecule has 176 valence electrons. The Morgan fingerprint density at radius 1 is 1.12 bits per heavy atom. The van der Waals surface area contributed by atoms with E-state index in [1.165, 1.54) is 12.1 Å². The quantitative estimate of drug-likeness (QED) is 0.584. The van der Waals surface area contributed by atoms with Crippen molar-refractivity contribution < 1.29 is 29.0 Å². The fraction of sp³-hybridized carbons (Fsp3) is 0.565. The first-order chi connectivity index (χ1) is 15.4. The second-order valence-electron chi connectivity index (χ2n) is 7.62. The zero-order valence-corrected chi connectivity index (χ0v) is 19.1. The molecule has 1 aromatic rings. The molecule has 1 saturated heterocycles. The largest absolute Gasteiger partial charge is 0.490 e. The molecule has 0 spiro atoms. The van der Waals surface area contributed by atoms with E-state index >= 15 is 0 Å². The first-order valence-electron chi connectivity index (χ1n) is 11.2. The zero-order valence-electron chi connectivity index (χ0n) is 19.1. The number of benzene rings is 1. The highest BCUT2D eigenvalue weighted by Gasteiger charge is 2.44. The molecule has 1 unspecified atom stereocenters. The average Bonchev–Trinajstić information content (AvgIpc) is 3.02. The fourth-order valence-electron chi connectivity index (χ4n) is 3.64. The van der Waals surface area contributed by atoms with Crippen LogP contribution in [-0.4, -0.2) is 66.0 Å². The van der Waals surface area contributed by atoms with Crippen molar-refractivity contribution in [3.63, 3.8) is 0 Å². The molecule has 32 heavy (non-hydrogen) atoms. The number of piperidine rings is 1. The molecule has 4 amide bonds. The molecule has 2 aliphatic heterocycles. The normalized spacial score (nSPS) is 23.8. The highest BCUT2D eigenvalue weighted by Crippen LogP contribution is 2.34. The summed E-state index contributed by atoms with van der Waals surface area (Å²) in [6.07, 6.45) is 1.71. The number of carbonyl (C=O) groups excluding carboxylic acids is 4. The standard InChI is InChI=1S/C18H18N2O6.C3H9N.C2H6/c21-8-9-5-11(6-9)26-10-1-2-12-13(7-10)18(25)20(17(12)24)14-3-4-15(22)19-16(14)23;1-3-4-2;1-2/h1-2,7,9,11,14,21H,3-6,8H2,(H,19,22,23);4H,3H2,1-2H3;1-2H3. The number of fused-ring (bicyclic) bond motifs is 1. The summed E-state index contributed by atoms with van der Waals surface area (Å²) in [5, 5.41) is 14.2. The number of carbonyl (C=O) groups is 4. The third-order valence-corrected chi connectivity index (χ3v) is 5.52. The molecule has 0 bridgehead atoms. The van der Waals surface area contributed by atoms with Crippen molar-refractivity contribution in [1.82, 2.24) is 15.5 Å². The Balaban J connectivity index is 0.000000547. The lowest BCUT2D eigenvalue weighted by Gasteiger charge is -2.34. The van der Waals surface area contributed by atoms with Gasteiger partial charge < -0.3 is 15.2 Å². The lowest BCUT2D eigenvalue weighted by molar-refractivity contribution is -0.136. The van der Waals surface area contributed by atoms with Crippen molar-refractivity contribution >= 4 is 23.6 Å². The smallest absolute Gasteiger partial charge is 0.262 e. The minimum Gasteiger partial charge on any atom is -0.490 e. The van der Waals surface area contributed by atoms with Gasteiger partial charge in [0.15, 0.2) is 0 Å². The van der Waals surface area contributed by atoms with E-state index in [0.717, 1.165) is 24.3 Å². The van der Waals surface area contributed by atoms with Gasteiger partial charge in [-0.05, 0) is 57.0 Å². The van der Waals surface area contributed by atoms with Gasteiger partial charge in [-0.15, -0.1) is 0 Å². The van der Waals surface area contributed by atoms with Crippen LogP contribution in [0, 0.1) is 5.92 Å². The molecule has 2 fully saturated rings. The lowest BCUT2D eigenvalue weighted by Crippen LogP contribution is -2.54. The van der Waals surface area contributed by atoms with Gasteiger partial charge in [0.05, 0.1) is 17.2 Å². The van der Waals surface area contributed by atoms with E-state index in [2.05, 4.69) is 17.6 Å². The number of ether oxygens (including phenoxy) is 1. The van der Waals surface area contributed by atoms with Crippen molar-refractivity contribution in [2.45, 2.75) is 58.6 Å². The zero-order chi connectivity index (χ0) is 23.8. The van der Waals surface area contributed by atoms with Crippen LogP contribution in [0.5, 0.6) is 5.75 Å². The summed E-state index contributed by atoms with van der Waals surface area (Å²) in [5.74, 6) is -1.38. The van der Waals surface area contributed by atoms with Gasteiger partial charge in [0, 0.05) is 13.0 Å². The van der Waals surface area contributed by atoms with E-state index in [1.807, 2.05) is 20.9 Å². The number of hydrogen-bond acceptors (Lipinski definition) is 7. The molecule has 2 heterocycles. The summed E-state index contributed by atoms with van der Waals surface area (Å²) in [6.45, 7) is 7.28. The third-order valence-electron chi connectivity index (χ3n) is 5.52. The Kier molecular flexibility index (Phi) is 9.34. The summed E-state index contributed by atoms with van der Waals surface area (Å²) >= 11 is 0. The van der Waals surface area contributed by atoms with Gasteiger partial charge in [-0.3, -0.25) is 29.4 Å². The molecule has 0 aromatic heterocycles. The summed E-state index contributed by atoms with van der Waals surface area (Å²) in [5.41, 5.74) is 0.434. The summed E-state index contributed by atoms with van der Waals surface area (Å²) < 4.78 is 5.79. The Bertz CT molecular complexity index is 848. The highest BCUT2D eigenvalue weighted by molar-refractivity contribution is 6.23. The molecular weight excluding hydrogens is 414 g/mol. The molecule has 3 aliphatic rings. The number of nitrogens with one attached hydrogen (secondary N) is 2. The lowest BCUT2D eigenvalue weighted by atomic mass is 9.83. The van der Waals surface area contributed by atoms with E-state index < -0.39 is 29.7 Å². The van der Waals surface area contributed by atoms with Gasteiger partial charge in [-0.2, -0.15) is 0 Å². The van der Waals surface area contributed by atoms with Crippen LogP contribution in [0.25, 0.3) is 0 Å². The fourth-order valence-corrected chi connectivity index (χ4v) is 3.64. The van der Waals surface area contributed by atoms with E-state index in [9.17, 15) is 19.2 Å². The van der Waals surface area contributed by atoms with E-state index in [4.69, 9.17) is 9.84 Å². The van der Waals surface area contributed by atoms with Gasteiger partial charge in [-0.25, -0.2) is 0 Å². The van der Waals surface area contributed by atoms with Crippen LogP contribution in [0.4, 0.5) is 0 Å². The summed E-state index contributed by atoms with van der Waals surface area (Å²) in [4.78, 5) is 49.5. The second kappa shape index (κ2) is 11.7. The van der Waals surface area contributed by atoms with Gasteiger partial charge in [0.2, 0.25) is 11.8 Å². The molecule has 4 rings (SSSR count). The van der Waals surface area contributed by atoms with Crippen LogP contribution in [0.15, 0.2) is 18.2 Å². The number of nitrogens with zero attached hydrogens (tertiary/aromatic N) is 1. The summed E-state index contributed by atoms with van der Waals surface area (Å²) in [6, 6.07) is 3.71. The van der Waals surface area contributed by atoms with E-state index in [0.29, 0.717) is 5.75 Å². The van der Waals surface area contributed by atoms with E-state index in [-0.39, 0.29) is 42.6 Å². The first-order valence-corrected chi connectivity index (χ1v) is 11.2. The molecule has 0 radical (unpaired) electrons. The number of hydrogen-bond donors (Lipinski definition) is 3. The van der Waals surface area contributed by atoms with Crippen molar-refractivity contribution in [3.05, 3.63) is 29.3 Å². The number of imide groups is 2. The Morgan fingerprint density at radius 2 is 1.75 bits per heavy atom. The highest BCUT2D eigenvalue weighted by atomic mass is 16.5. The van der Waals surface area contributed by atoms with Crippen LogP contribution in [0.1, 0.15) is 67.2 Å². The second-order valence-corrected chi connectivity index (χ2v) is 7.62. The number of amides is 4. The number of aliphatic hydroxyl groups is 1. The third kappa shape index (κ3) is 5.52. The van der Waals surface area contributed by atoms with E-state index in [1.54, 1.807) is 6.07 Å². The predicted molar refractivity (Wildman–Crippen MR) is 118 cm³/mol. The van der Waals surface area contributed by atoms with Crippen LogP contribution >= 0.6 is 0 Å². The first kappa shape index (κ1) is 25.5. The molecule has 1 atom stereocenters. The van der Waals surface area contributed by atoms with Crippen molar-refractivity contribution in [1.29, 1.82) is 0 Å². The maximum Gasteiger partial charge on any atom is 0.262 e. The number of aliphatic hydroxyl groups excluding tert-OH is 1. The van der Waals surface area contributed by atoms with Gasteiger partial charge in [0.1, 0.15) is 11.8 Å². The van der Waals surface area contributed by atoms with Crippen LogP contribution in [0.2, 0.25) is 0 Å². The molecule has 3 N–H and O–H groups in total. The average molecular weight is 448 g/mol. The van der Waals surface area contributed by atoms with Gasteiger partial charge in [-0.1, -0.05) is 20.8 Å². The van der Waals surface area contributed by atoms with Gasteiger partial charge in [0.25, 0.3) is 11.8 Å². The molecule has 9 nitrogen and oxygen atoms in total. The molecule has 1 aliphatic carbocycles. The van der Waals surface area contributed by atoms with Crippen LogP contribution in [-0.2, 0) is 9.59 Å². The molecular formula is C23H33N3O6. The van der Waals surface area contributed by atoms with Crippen LogP contribution in [0.3, 0.4) is 0 Å². The minimum absolute atomic E-state index is 0.0105. The SMILES string of the molecule is CC.CCNC.O=C1CCC(N2C(=O)c3ccc(OC4CC(CO)C4)cc3C2=O)C(=O)N1. The minimum atomic E-state index is -0.971. The maximum absolute atomic E-state index is 12.7. The van der Waals surface area contributed by atoms with Gasteiger partial charge >= 0.3 is 0 Å². The Hall–Kier alpha value is -2.78. The van der Waals surface area contributed by atoms with Crippen LogP contribution < -0.4 is 15.4 Å². The molecule has 1 saturated carbocycles. The topological polar surface area (TPSA) is 125 Å². The monoisotopic (exact) mass is 447 g/mol. The predicted octanol–water partition coefficient (Wildman–Crippen LogP) is 1.49. The maximum atomic E-state index is 12.7.